The molecule has 1 aliphatic heterocycles. The lowest BCUT2D eigenvalue weighted by Gasteiger charge is -2.35. The number of hydrogen-bond donors (Lipinski definition) is 1. The Morgan fingerprint density at radius 2 is 2.33 bits per heavy atom. The molecule has 98 valence electrons. The zero-order valence-corrected chi connectivity index (χ0v) is 11.8. The van der Waals surface area contributed by atoms with Gasteiger partial charge in [0.1, 0.15) is 10.3 Å². The fourth-order valence-corrected chi connectivity index (χ4v) is 2.74. The van der Waals surface area contributed by atoms with Crippen molar-refractivity contribution in [3.63, 3.8) is 0 Å². The average Bonchev–Trinajstić information content (AvgIpc) is 2.39. The Labute approximate surface area is 115 Å². The van der Waals surface area contributed by atoms with Crippen molar-refractivity contribution in [3.8, 4) is 0 Å². The number of aromatic nitrogens is 1. The first-order valence-corrected chi connectivity index (χ1v) is 7.06. The molecular weight excluding hydrogens is 296 g/mol. The van der Waals surface area contributed by atoms with E-state index in [-0.39, 0.29) is 18.6 Å². The van der Waals surface area contributed by atoms with Crippen LogP contribution in [0.1, 0.15) is 36.2 Å². The van der Waals surface area contributed by atoms with Crippen LogP contribution in [0.2, 0.25) is 0 Å². The highest BCUT2D eigenvalue weighted by atomic mass is 79.9. The fourth-order valence-electron chi connectivity index (χ4n) is 2.39. The number of amides is 1. The molecule has 5 heteroatoms. The Kier molecular flexibility index (Phi) is 4.72. The minimum Gasteiger partial charge on any atom is -0.396 e. The maximum absolute atomic E-state index is 12.4. The van der Waals surface area contributed by atoms with E-state index >= 15 is 0 Å². The van der Waals surface area contributed by atoms with Gasteiger partial charge in [-0.3, -0.25) is 4.79 Å². The molecule has 1 aliphatic rings. The van der Waals surface area contributed by atoms with Gasteiger partial charge in [-0.15, -0.1) is 0 Å². The quantitative estimate of drug-likeness (QED) is 0.871. The van der Waals surface area contributed by atoms with Crippen LogP contribution in [0.3, 0.4) is 0 Å². The summed E-state index contributed by atoms with van der Waals surface area (Å²) in [6.45, 7) is 0.887. The van der Waals surface area contributed by atoms with E-state index in [1.807, 2.05) is 11.0 Å². The highest BCUT2D eigenvalue weighted by Gasteiger charge is 2.27. The summed E-state index contributed by atoms with van der Waals surface area (Å²) < 4.78 is 0.670. The Morgan fingerprint density at radius 1 is 1.50 bits per heavy atom. The molecule has 0 bridgehead atoms. The lowest BCUT2D eigenvalue weighted by molar-refractivity contribution is 0.0568. The van der Waals surface area contributed by atoms with Crippen LogP contribution in [0.15, 0.2) is 22.8 Å². The molecule has 0 radical (unpaired) electrons. The van der Waals surface area contributed by atoms with Crippen molar-refractivity contribution in [2.45, 2.75) is 31.7 Å². The van der Waals surface area contributed by atoms with Crippen LogP contribution in [-0.4, -0.2) is 40.1 Å². The number of carbonyl (C=O) groups excluding carboxylic acids is 1. The van der Waals surface area contributed by atoms with Crippen LogP contribution in [0.5, 0.6) is 0 Å². The molecule has 4 nitrogen and oxygen atoms in total. The normalized spacial score (nSPS) is 19.9. The summed E-state index contributed by atoms with van der Waals surface area (Å²) in [6, 6.07) is 5.50. The minimum absolute atomic E-state index is 0.0329. The molecule has 0 spiro atoms. The zero-order valence-electron chi connectivity index (χ0n) is 10.2. The van der Waals surface area contributed by atoms with Crippen molar-refractivity contribution in [2.75, 3.05) is 13.2 Å². The second-order valence-electron chi connectivity index (χ2n) is 4.51. The van der Waals surface area contributed by atoms with Crippen molar-refractivity contribution < 1.29 is 9.90 Å². The summed E-state index contributed by atoms with van der Waals surface area (Å²) in [5.74, 6) is -0.0329. The van der Waals surface area contributed by atoms with Gasteiger partial charge in [-0.25, -0.2) is 4.98 Å². The maximum Gasteiger partial charge on any atom is 0.272 e. The molecule has 1 aromatic rings. The largest absolute Gasteiger partial charge is 0.396 e. The van der Waals surface area contributed by atoms with Gasteiger partial charge in [-0.1, -0.05) is 6.07 Å². The van der Waals surface area contributed by atoms with Crippen molar-refractivity contribution in [1.82, 2.24) is 9.88 Å². The van der Waals surface area contributed by atoms with Crippen molar-refractivity contribution >= 4 is 21.8 Å². The van der Waals surface area contributed by atoms with E-state index in [1.165, 1.54) is 0 Å². The number of piperidine rings is 1. The molecule has 1 aromatic heterocycles. The first kappa shape index (κ1) is 13.5. The third kappa shape index (κ3) is 3.09. The van der Waals surface area contributed by atoms with Crippen molar-refractivity contribution in [2.24, 2.45) is 0 Å². The van der Waals surface area contributed by atoms with Gasteiger partial charge in [0.05, 0.1) is 0 Å². The number of nitrogens with zero attached hydrogens (tertiary/aromatic N) is 2. The third-order valence-corrected chi connectivity index (χ3v) is 3.73. The molecule has 0 saturated carbocycles. The lowest BCUT2D eigenvalue weighted by Crippen LogP contribution is -2.44. The lowest BCUT2D eigenvalue weighted by atomic mass is 9.99. The summed E-state index contributed by atoms with van der Waals surface area (Å²) in [6.07, 6.45) is 3.78. The first-order valence-electron chi connectivity index (χ1n) is 6.27. The minimum atomic E-state index is -0.0329. The molecule has 1 N–H and O–H groups in total. The Balaban J connectivity index is 2.15. The van der Waals surface area contributed by atoms with E-state index in [0.29, 0.717) is 16.7 Å². The number of aliphatic hydroxyl groups excluding tert-OH is 1. The SMILES string of the molecule is O=C(c1cccc(Br)n1)N1CCCCC1CCO. The molecule has 1 amide bonds. The highest BCUT2D eigenvalue weighted by Crippen LogP contribution is 2.21. The van der Waals surface area contributed by atoms with E-state index in [2.05, 4.69) is 20.9 Å². The molecule has 2 heterocycles. The second-order valence-corrected chi connectivity index (χ2v) is 5.32. The van der Waals surface area contributed by atoms with Crippen molar-refractivity contribution in [1.29, 1.82) is 0 Å². The van der Waals surface area contributed by atoms with E-state index in [1.54, 1.807) is 12.1 Å². The van der Waals surface area contributed by atoms with E-state index < -0.39 is 0 Å². The Morgan fingerprint density at radius 3 is 3.06 bits per heavy atom. The smallest absolute Gasteiger partial charge is 0.272 e. The second kappa shape index (κ2) is 6.29. The van der Waals surface area contributed by atoms with Crippen LogP contribution < -0.4 is 0 Å². The van der Waals surface area contributed by atoms with Crippen LogP contribution in [0.4, 0.5) is 0 Å². The number of likely N-dealkylation sites (tertiary alicyclic amines) is 1. The van der Waals surface area contributed by atoms with Gasteiger partial charge >= 0.3 is 0 Å². The van der Waals surface area contributed by atoms with Crippen LogP contribution in [0.25, 0.3) is 0 Å². The van der Waals surface area contributed by atoms with Crippen molar-refractivity contribution in [3.05, 3.63) is 28.5 Å². The van der Waals surface area contributed by atoms with Crippen LogP contribution in [-0.2, 0) is 0 Å². The first-order chi connectivity index (χ1) is 8.72. The highest BCUT2D eigenvalue weighted by molar-refractivity contribution is 9.10. The number of rotatable bonds is 3. The maximum atomic E-state index is 12.4. The van der Waals surface area contributed by atoms with Gasteiger partial charge in [-0.2, -0.15) is 0 Å². The number of aliphatic hydroxyl groups is 1. The average molecular weight is 313 g/mol. The van der Waals surface area contributed by atoms with Gasteiger partial charge in [0.25, 0.3) is 5.91 Å². The Hall–Kier alpha value is -0.940. The van der Waals surface area contributed by atoms with Gasteiger partial charge in [-0.05, 0) is 53.7 Å². The molecule has 18 heavy (non-hydrogen) atoms. The summed E-state index contributed by atoms with van der Waals surface area (Å²) in [7, 11) is 0. The Bertz CT molecular complexity index is 423. The van der Waals surface area contributed by atoms with Gasteiger partial charge in [0.15, 0.2) is 0 Å². The zero-order chi connectivity index (χ0) is 13.0. The molecule has 1 saturated heterocycles. The summed E-state index contributed by atoms with van der Waals surface area (Å²) >= 11 is 3.28. The molecule has 2 rings (SSSR count). The number of carbonyl (C=O) groups is 1. The summed E-state index contributed by atoms with van der Waals surface area (Å²) in [4.78, 5) is 18.5. The molecule has 0 aromatic carbocycles. The van der Waals surface area contributed by atoms with Crippen LogP contribution >= 0.6 is 15.9 Å². The number of halogens is 1. The predicted octanol–water partition coefficient (Wildman–Crippen LogP) is 2.22. The predicted molar refractivity (Wildman–Crippen MR) is 72.3 cm³/mol. The van der Waals surface area contributed by atoms with Gasteiger partial charge in [0.2, 0.25) is 0 Å². The fraction of sp³-hybridized carbons (Fsp3) is 0.538. The third-order valence-electron chi connectivity index (χ3n) is 3.28. The number of hydrogen-bond acceptors (Lipinski definition) is 3. The molecule has 1 unspecified atom stereocenters. The monoisotopic (exact) mass is 312 g/mol. The van der Waals surface area contributed by atoms with E-state index in [0.717, 1.165) is 25.8 Å². The van der Waals surface area contributed by atoms with Crippen LogP contribution in [0, 0.1) is 0 Å². The van der Waals surface area contributed by atoms with Gasteiger partial charge < -0.3 is 10.0 Å². The molecule has 0 aliphatic carbocycles. The summed E-state index contributed by atoms with van der Waals surface area (Å²) in [5.41, 5.74) is 0.467. The number of pyridine rings is 1. The van der Waals surface area contributed by atoms with E-state index in [4.69, 9.17) is 5.11 Å². The van der Waals surface area contributed by atoms with E-state index in [9.17, 15) is 4.79 Å². The standard InChI is InChI=1S/C13H17BrN2O2/c14-12-6-3-5-11(15-12)13(18)16-8-2-1-4-10(16)7-9-17/h3,5-6,10,17H,1-2,4,7-9H2. The molecule has 1 atom stereocenters. The summed E-state index contributed by atoms with van der Waals surface area (Å²) in [5, 5.41) is 9.07. The topological polar surface area (TPSA) is 53.4 Å². The van der Waals surface area contributed by atoms with Gasteiger partial charge in [0, 0.05) is 19.2 Å². The molecular formula is C13H17BrN2O2. The molecule has 1 fully saturated rings.